The van der Waals surface area contributed by atoms with Crippen LogP contribution in [0.1, 0.15) is 190 Å². The SMILES string of the molecule is CCC(CC)[C@H]1C(O)N(C)[C@H](C)CC(=O)N(C)[C@H]2CCC/C=C/C3CCC(CC3)C[C@@H](C(=O)N(C)CC(=O)N[C@@H](CCC3CCC(Cl)C(Cl)C3)C(=O)N3C[C@H](OC)C[C@H]3C(=O)NC3(CC(C)(C)C3)C(=O)N1C)N1CC/C=C\C[C@@H](C1=O)N(C)C(=O)CN(C)C(=O)[C@H]([C@@H](C)CC)NC2=O. The van der Waals surface area contributed by atoms with Crippen LogP contribution in [0.2, 0.25) is 0 Å². The van der Waals surface area contributed by atoms with Gasteiger partial charge in [-0.3, -0.25) is 52.8 Å². The number of hydrogen-bond acceptors (Lipinski definition) is 13. The summed E-state index contributed by atoms with van der Waals surface area (Å²) in [6.07, 6.45) is 16.2. The molecule has 1 saturated heterocycles. The second kappa shape index (κ2) is 35.5. The van der Waals surface area contributed by atoms with Crippen molar-refractivity contribution in [1.29, 1.82) is 0 Å². The standard InChI is InChI=1S/C73H119Cl2N11O12/c1-15-45(4)62-69(95)80(9)42-61(89)83(12)56-26-22-19-23-35-85(68(56)94)58-38-49-29-27-47(28-30-49)24-20-18-21-25-55(64(90)77-62)82(11)60(88)36-46(5)81(10)70(96)63(50(16-2)17-3)84(13)71(97)73(43-72(6,7)44-73)78-65(91)57-39-51(98-14)40-86(57)66(92)54(76-59(87)41-79(8)67(58)93)34-32-48-31-33-52(74)53(75)37-48/h19-20,22,24,45-58,62-63,70,96H,15-18,21,23,25-44H2,1-14H3,(H,76,87)(H,77,90)(H,78,91)/b22-19-,24-20+/t45-,46+,47?,48?,49?,51+,52?,53?,54-,55-,56-,57-,58-,62-,63-,70?/m0/s1. The van der Waals surface area contributed by atoms with Gasteiger partial charge in [-0.1, -0.05) is 85.1 Å². The van der Waals surface area contributed by atoms with Crippen LogP contribution in [-0.2, 0) is 52.7 Å². The Morgan fingerprint density at radius 1 is 0.653 bits per heavy atom. The maximum Gasteiger partial charge on any atom is 0.248 e. The smallest absolute Gasteiger partial charge is 0.248 e. The van der Waals surface area contributed by atoms with Crippen molar-refractivity contribution in [2.24, 2.45) is 35.0 Å². The van der Waals surface area contributed by atoms with Gasteiger partial charge in [-0.15, -0.1) is 23.2 Å². The van der Waals surface area contributed by atoms with E-state index in [1.54, 1.807) is 35.8 Å². The molecular formula is C73H119Cl2N11O12. The largest absolute Gasteiger partial charge is 0.380 e. The predicted molar refractivity (Wildman–Crippen MR) is 378 cm³/mol. The Kier molecular flexibility index (Phi) is 29.0. The van der Waals surface area contributed by atoms with Crippen molar-refractivity contribution in [2.45, 2.75) is 267 Å². The molecule has 25 heteroatoms. The number of nitrogens with one attached hydrogen (secondary N) is 3. The predicted octanol–water partition coefficient (Wildman–Crippen LogP) is 6.45. The summed E-state index contributed by atoms with van der Waals surface area (Å²) in [5, 5.41) is 21.4. The summed E-state index contributed by atoms with van der Waals surface area (Å²) in [5.74, 6) is -5.55. The van der Waals surface area contributed by atoms with Crippen LogP contribution in [0.15, 0.2) is 24.3 Å². The van der Waals surface area contributed by atoms with Crippen LogP contribution in [-0.4, -0.2) is 256 Å². The summed E-state index contributed by atoms with van der Waals surface area (Å²) in [6.45, 7) is 12.7. The fourth-order valence-corrected chi connectivity index (χ4v) is 17.4. The fraction of sp³-hybridized carbons (Fsp3) is 0.808. The van der Waals surface area contributed by atoms with E-state index in [2.05, 4.69) is 28.1 Å². The number of rotatable bonds is 9. The molecule has 3 aliphatic carbocycles. The van der Waals surface area contributed by atoms with E-state index in [0.717, 1.165) is 32.1 Å². The molecule has 5 heterocycles. The molecule has 14 atom stereocenters. The van der Waals surface area contributed by atoms with E-state index in [9.17, 15) is 29.1 Å². The summed E-state index contributed by atoms with van der Waals surface area (Å²) in [5.41, 5.74) is -1.85. The molecule has 3 saturated carbocycles. The lowest BCUT2D eigenvalue weighted by molar-refractivity contribution is -0.162. The molecule has 8 aliphatic rings. The highest BCUT2D eigenvalue weighted by Gasteiger charge is 2.59. The highest BCUT2D eigenvalue weighted by atomic mass is 35.5. The number of ether oxygens (including phenoxy) is 1. The molecule has 23 nitrogen and oxygen atoms in total. The molecule has 0 aromatic heterocycles. The van der Waals surface area contributed by atoms with Gasteiger partial charge in [-0.25, -0.2) is 0 Å². The zero-order chi connectivity index (χ0) is 72.2. The number of carbonyl (C=O) groups is 10. The molecule has 10 amide bonds. The topological polar surface area (TPSA) is 262 Å². The third-order valence-electron chi connectivity index (χ3n) is 23.3. The number of likely N-dealkylation sites (N-methyl/N-ethyl adjacent to an activating group) is 6. The van der Waals surface area contributed by atoms with E-state index >= 15 is 24.0 Å². The molecule has 4 N–H and O–H groups in total. The maximum absolute atomic E-state index is 15.6. The van der Waals surface area contributed by atoms with Crippen LogP contribution in [0.3, 0.4) is 0 Å². The first-order valence-corrected chi connectivity index (χ1v) is 37.5. The minimum Gasteiger partial charge on any atom is -0.380 e. The zero-order valence-corrected chi connectivity index (χ0v) is 62.8. The van der Waals surface area contributed by atoms with Crippen molar-refractivity contribution in [1.82, 2.24) is 55.1 Å². The van der Waals surface area contributed by atoms with Crippen LogP contribution in [0.4, 0.5) is 0 Å². The second-order valence-corrected chi connectivity index (χ2v) is 32.1. The number of methoxy groups -OCH3 is 1. The van der Waals surface area contributed by atoms with Crippen LogP contribution >= 0.6 is 23.2 Å². The van der Waals surface area contributed by atoms with E-state index < -0.39 is 150 Å². The number of aliphatic hydroxyl groups is 1. The van der Waals surface area contributed by atoms with E-state index in [4.69, 9.17) is 27.9 Å². The van der Waals surface area contributed by atoms with Gasteiger partial charge in [0, 0.05) is 79.7 Å². The lowest BCUT2D eigenvalue weighted by Crippen LogP contribution is -2.71. The van der Waals surface area contributed by atoms with Crippen molar-refractivity contribution >= 4 is 82.3 Å². The number of carbonyl (C=O) groups excluding carboxylic acids is 10. The first-order chi connectivity index (χ1) is 46.3. The molecule has 0 radical (unpaired) electrons. The van der Waals surface area contributed by atoms with Gasteiger partial charge in [0.15, 0.2) is 0 Å². The van der Waals surface area contributed by atoms with Crippen molar-refractivity contribution in [3.63, 3.8) is 0 Å². The summed E-state index contributed by atoms with van der Waals surface area (Å²) >= 11 is 13.3. The van der Waals surface area contributed by atoms with Gasteiger partial charge in [0.1, 0.15) is 48.0 Å². The number of allylic oxidation sites excluding steroid dienone is 2. The van der Waals surface area contributed by atoms with Crippen LogP contribution in [0.5, 0.6) is 0 Å². The van der Waals surface area contributed by atoms with E-state index in [-0.39, 0.29) is 98.9 Å². The van der Waals surface area contributed by atoms with Gasteiger partial charge >= 0.3 is 0 Å². The Labute approximate surface area is 593 Å². The fourth-order valence-electron chi connectivity index (χ4n) is 16.8. The Balaban J connectivity index is 1.34. The highest BCUT2D eigenvalue weighted by Crippen LogP contribution is 2.50. The summed E-state index contributed by atoms with van der Waals surface area (Å²) in [6, 6.07) is -8.09. The Morgan fingerprint density at radius 3 is 1.95 bits per heavy atom. The number of hydrogen-bond donors (Lipinski definition) is 4. The summed E-state index contributed by atoms with van der Waals surface area (Å²) in [7, 11) is 10.9. The van der Waals surface area contributed by atoms with E-state index in [1.807, 2.05) is 60.6 Å². The molecule has 1 spiro atoms. The molecule has 4 unspecified atom stereocenters. The molecule has 552 valence electrons. The van der Waals surface area contributed by atoms with Gasteiger partial charge in [-0.05, 0) is 158 Å². The van der Waals surface area contributed by atoms with Gasteiger partial charge in [-0.2, -0.15) is 0 Å². The maximum atomic E-state index is 15.6. The Hall–Kier alpha value is -5.36. The number of amides is 10. The van der Waals surface area contributed by atoms with Gasteiger partial charge in [0.05, 0.1) is 30.6 Å². The minimum absolute atomic E-state index is 0.000513. The molecule has 8 rings (SSSR count). The number of alkyl halides is 2. The molecule has 0 aromatic carbocycles. The Bertz CT molecular complexity index is 2860. The zero-order valence-electron chi connectivity index (χ0n) is 61.3. The summed E-state index contributed by atoms with van der Waals surface area (Å²) in [4.78, 5) is 163. The quantitative estimate of drug-likeness (QED) is 0.110. The molecule has 4 fully saturated rings. The number of aliphatic hydroxyl groups excluding tert-OH is 1. The first kappa shape index (κ1) is 80.0. The average molecular weight is 1410 g/mol. The van der Waals surface area contributed by atoms with Crippen LogP contribution in [0, 0.1) is 35.0 Å². The molecule has 5 aliphatic heterocycles. The normalized spacial score (nSPS) is 34.5. The third kappa shape index (κ3) is 19.4. The van der Waals surface area contributed by atoms with Gasteiger partial charge in [0.2, 0.25) is 59.1 Å². The van der Waals surface area contributed by atoms with Crippen molar-refractivity contribution in [2.75, 3.05) is 75.6 Å². The van der Waals surface area contributed by atoms with Crippen molar-refractivity contribution in [3.05, 3.63) is 24.3 Å². The van der Waals surface area contributed by atoms with Gasteiger partial charge < -0.3 is 60.1 Å². The monoisotopic (exact) mass is 1410 g/mol. The van der Waals surface area contributed by atoms with Crippen LogP contribution in [0.25, 0.3) is 0 Å². The lowest BCUT2D eigenvalue weighted by Gasteiger charge is -2.55. The number of fused-ring (bicyclic) bond motifs is 9. The second-order valence-electron chi connectivity index (χ2n) is 30.9. The van der Waals surface area contributed by atoms with Crippen molar-refractivity contribution in [3.8, 4) is 0 Å². The minimum atomic E-state index is -1.46. The number of halogens is 2. The van der Waals surface area contributed by atoms with Gasteiger partial charge in [0.25, 0.3) is 0 Å². The first-order valence-electron chi connectivity index (χ1n) is 36.6. The number of nitrogens with zero attached hydrogens (tertiary/aromatic N) is 8. The third-order valence-corrected chi connectivity index (χ3v) is 24.4. The molecule has 98 heavy (non-hydrogen) atoms. The molecule has 0 aromatic rings. The highest BCUT2D eigenvalue weighted by molar-refractivity contribution is 6.30. The molecular weight excluding hydrogens is 1290 g/mol. The van der Waals surface area contributed by atoms with Crippen molar-refractivity contribution < 1.29 is 57.8 Å². The van der Waals surface area contributed by atoms with Crippen LogP contribution < -0.4 is 16.0 Å². The Morgan fingerprint density at radius 2 is 1.32 bits per heavy atom. The van der Waals surface area contributed by atoms with E-state index in [1.165, 1.54) is 52.8 Å². The summed E-state index contributed by atoms with van der Waals surface area (Å²) < 4.78 is 5.88. The lowest BCUT2D eigenvalue weighted by atomic mass is 9.58. The molecule has 6 bridgehead atoms. The van der Waals surface area contributed by atoms with E-state index in [0.29, 0.717) is 57.8 Å². The average Bonchev–Trinajstić information content (AvgIpc) is 0.830.